The molecule has 8 nitrogen and oxygen atoms in total. The Morgan fingerprint density at radius 2 is 1.81 bits per heavy atom. The highest BCUT2D eigenvalue weighted by Gasteiger charge is 2.36. The Kier molecular flexibility index (Phi) is 7.83. The summed E-state index contributed by atoms with van der Waals surface area (Å²) >= 11 is 12.8. The number of rotatable bonds is 8. The van der Waals surface area contributed by atoms with Crippen LogP contribution in [0.3, 0.4) is 0 Å². The molecular weight excluding hydrogens is 527 g/mol. The molecule has 36 heavy (non-hydrogen) atoms. The smallest absolute Gasteiger partial charge is 0.293 e. The second kappa shape index (κ2) is 11.0. The van der Waals surface area contributed by atoms with E-state index in [1.807, 2.05) is 30.3 Å². The van der Waals surface area contributed by atoms with Crippen LogP contribution >= 0.6 is 35.0 Å². The zero-order valence-corrected chi connectivity index (χ0v) is 21.1. The van der Waals surface area contributed by atoms with Gasteiger partial charge in [0.05, 0.1) is 35.1 Å². The Hall–Kier alpha value is -3.53. The Balaban J connectivity index is 1.62. The van der Waals surface area contributed by atoms with Gasteiger partial charge in [-0.3, -0.25) is 24.6 Å². The topological polar surface area (TPSA) is 99.0 Å². The van der Waals surface area contributed by atoms with Crippen molar-refractivity contribution >= 4 is 57.9 Å². The van der Waals surface area contributed by atoms with Gasteiger partial charge in [-0.25, -0.2) is 0 Å². The molecule has 0 atom stereocenters. The van der Waals surface area contributed by atoms with Crippen molar-refractivity contribution < 1.29 is 24.0 Å². The largest absolute Gasteiger partial charge is 0.493 e. The number of carbonyl (C=O) groups excluding carboxylic acids is 2. The van der Waals surface area contributed by atoms with E-state index < -0.39 is 16.1 Å². The van der Waals surface area contributed by atoms with Crippen LogP contribution in [0.15, 0.2) is 65.6 Å². The van der Waals surface area contributed by atoms with Gasteiger partial charge >= 0.3 is 0 Å². The maximum Gasteiger partial charge on any atom is 0.293 e. The number of amides is 2. The number of hydrogen-bond donors (Lipinski definition) is 0. The van der Waals surface area contributed by atoms with Crippen LogP contribution in [0.25, 0.3) is 6.08 Å². The first-order valence-corrected chi connectivity index (χ1v) is 12.1. The van der Waals surface area contributed by atoms with Crippen LogP contribution in [0.1, 0.15) is 16.7 Å². The number of methoxy groups -OCH3 is 1. The van der Waals surface area contributed by atoms with Gasteiger partial charge in [-0.1, -0.05) is 59.6 Å². The number of nitro benzene ring substituents is 1. The molecule has 0 spiro atoms. The van der Waals surface area contributed by atoms with E-state index in [0.717, 1.165) is 10.5 Å². The van der Waals surface area contributed by atoms with E-state index >= 15 is 0 Å². The van der Waals surface area contributed by atoms with Gasteiger partial charge in [0.25, 0.3) is 16.8 Å². The van der Waals surface area contributed by atoms with E-state index in [1.165, 1.54) is 31.4 Å². The summed E-state index contributed by atoms with van der Waals surface area (Å²) in [7, 11) is 1.41. The van der Waals surface area contributed by atoms with Crippen molar-refractivity contribution in [2.75, 3.05) is 7.11 Å². The van der Waals surface area contributed by atoms with E-state index in [0.29, 0.717) is 27.4 Å². The van der Waals surface area contributed by atoms with E-state index in [1.54, 1.807) is 12.1 Å². The summed E-state index contributed by atoms with van der Waals surface area (Å²) in [5, 5.41) is 12.0. The molecule has 1 heterocycles. The van der Waals surface area contributed by atoms with Crippen LogP contribution in [0, 0.1) is 10.1 Å². The molecule has 1 saturated heterocycles. The minimum absolute atomic E-state index is 0.0354. The van der Waals surface area contributed by atoms with Gasteiger partial charge in [-0.15, -0.1) is 0 Å². The number of ether oxygens (including phenoxy) is 2. The van der Waals surface area contributed by atoms with Gasteiger partial charge in [0.1, 0.15) is 6.61 Å². The lowest BCUT2D eigenvalue weighted by molar-refractivity contribution is -0.385. The van der Waals surface area contributed by atoms with Crippen LogP contribution in [0.5, 0.6) is 11.5 Å². The second-order valence-corrected chi connectivity index (χ2v) is 9.43. The molecular formula is C25H18Cl2N2O6S. The normalized spacial score (nSPS) is 14.4. The summed E-state index contributed by atoms with van der Waals surface area (Å²) in [6.45, 7) is 0.121. The third kappa shape index (κ3) is 5.64. The zero-order chi connectivity index (χ0) is 25.8. The minimum atomic E-state index is -0.589. The second-order valence-electron chi connectivity index (χ2n) is 7.60. The van der Waals surface area contributed by atoms with Crippen molar-refractivity contribution in [3.05, 3.63) is 102 Å². The van der Waals surface area contributed by atoms with Crippen LogP contribution in [0.4, 0.5) is 10.5 Å². The molecule has 0 unspecified atom stereocenters. The van der Waals surface area contributed by atoms with Crippen molar-refractivity contribution in [1.82, 2.24) is 4.90 Å². The van der Waals surface area contributed by atoms with Crippen LogP contribution in [0.2, 0.25) is 10.0 Å². The summed E-state index contributed by atoms with van der Waals surface area (Å²) in [4.78, 5) is 37.8. The quantitative estimate of drug-likeness (QED) is 0.176. The van der Waals surface area contributed by atoms with Crippen molar-refractivity contribution in [2.45, 2.75) is 13.2 Å². The lowest BCUT2D eigenvalue weighted by atomic mass is 10.1. The molecule has 11 heteroatoms. The van der Waals surface area contributed by atoms with Crippen molar-refractivity contribution in [3.63, 3.8) is 0 Å². The van der Waals surface area contributed by atoms with Crippen molar-refractivity contribution in [1.29, 1.82) is 0 Å². The number of nitro groups is 1. The predicted molar refractivity (Wildman–Crippen MR) is 138 cm³/mol. The summed E-state index contributed by atoms with van der Waals surface area (Å²) in [6.07, 6.45) is 1.30. The molecule has 3 aromatic carbocycles. The summed E-state index contributed by atoms with van der Waals surface area (Å²) in [6, 6.07) is 16.7. The zero-order valence-electron chi connectivity index (χ0n) is 18.8. The number of nitrogens with zero attached hydrogens (tertiary/aromatic N) is 2. The third-order valence-corrected chi connectivity index (χ3v) is 6.74. The predicted octanol–water partition coefficient (Wildman–Crippen LogP) is 6.73. The van der Waals surface area contributed by atoms with Gasteiger partial charge in [0, 0.05) is 10.0 Å². The van der Waals surface area contributed by atoms with Crippen LogP contribution < -0.4 is 9.47 Å². The molecule has 0 aliphatic carbocycles. The number of imide groups is 1. The summed E-state index contributed by atoms with van der Waals surface area (Å²) < 4.78 is 11.1. The first kappa shape index (κ1) is 25.6. The molecule has 3 aromatic rings. The average molecular weight is 545 g/mol. The molecule has 0 bridgehead atoms. The molecule has 1 aliphatic rings. The molecule has 1 aliphatic heterocycles. The number of carbonyl (C=O) groups is 2. The van der Waals surface area contributed by atoms with Gasteiger partial charge in [0.2, 0.25) is 0 Å². The average Bonchev–Trinajstić information content (AvgIpc) is 3.12. The lowest BCUT2D eigenvalue weighted by Gasteiger charge is -2.14. The molecule has 0 N–H and O–H groups in total. The van der Waals surface area contributed by atoms with E-state index in [2.05, 4.69) is 0 Å². The summed E-state index contributed by atoms with van der Waals surface area (Å²) in [5.41, 5.74) is 1.21. The lowest BCUT2D eigenvalue weighted by Crippen LogP contribution is -2.27. The first-order chi connectivity index (χ1) is 17.3. The SMILES string of the molecule is COc1cc(/C=C2\SC(=O)N(Cc3ccc(Cl)cc3Cl)C2=O)c([N+](=O)[O-])cc1OCc1ccccc1. The Morgan fingerprint density at radius 3 is 2.47 bits per heavy atom. The van der Waals surface area contributed by atoms with E-state index in [4.69, 9.17) is 32.7 Å². The Bertz CT molecular complexity index is 1380. The minimum Gasteiger partial charge on any atom is -0.493 e. The molecule has 2 amide bonds. The maximum atomic E-state index is 13.0. The number of thioether (sulfide) groups is 1. The standard InChI is InChI=1S/C25H18Cl2N2O6S/c1-34-21-9-17(20(29(32)33)12-22(21)35-14-15-5-3-2-4-6-15)10-23-24(30)28(25(31)36-23)13-16-7-8-18(26)11-19(16)27/h2-12H,13-14H2,1H3/b23-10-. The summed E-state index contributed by atoms with van der Waals surface area (Å²) in [5.74, 6) is -0.167. The fourth-order valence-electron chi connectivity index (χ4n) is 3.44. The molecule has 0 saturated carbocycles. The maximum absolute atomic E-state index is 13.0. The Morgan fingerprint density at radius 1 is 1.06 bits per heavy atom. The number of hydrogen-bond acceptors (Lipinski definition) is 7. The highest BCUT2D eigenvalue weighted by Crippen LogP contribution is 2.40. The fourth-order valence-corrected chi connectivity index (χ4v) is 4.74. The first-order valence-electron chi connectivity index (χ1n) is 10.5. The van der Waals surface area contributed by atoms with Gasteiger partial charge < -0.3 is 9.47 Å². The van der Waals surface area contributed by atoms with Gasteiger partial charge in [-0.05, 0) is 47.2 Å². The third-order valence-electron chi connectivity index (χ3n) is 5.25. The van der Waals surface area contributed by atoms with Crippen molar-refractivity contribution in [3.8, 4) is 11.5 Å². The van der Waals surface area contributed by atoms with E-state index in [-0.39, 0.29) is 40.8 Å². The molecule has 1 fully saturated rings. The highest BCUT2D eigenvalue weighted by atomic mass is 35.5. The molecule has 0 radical (unpaired) electrons. The monoisotopic (exact) mass is 544 g/mol. The number of halogens is 2. The molecule has 4 rings (SSSR count). The van der Waals surface area contributed by atoms with Crippen LogP contribution in [-0.4, -0.2) is 28.1 Å². The van der Waals surface area contributed by atoms with Crippen molar-refractivity contribution in [2.24, 2.45) is 0 Å². The van der Waals surface area contributed by atoms with E-state index in [9.17, 15) is 19.7 Å². The fraction of sp³-hybridized carbons (Fsp3) is 0.120. The molecule has 184 valence electrons. The van der Waals surface area contributed by atoms with Crippen LogP contribution in [-0.2, 0) is 17.9 Å². The highest BCUT2D eigenvalue weighted by molar-refractivity contribution is 8.18. The van der Waals surface area contributed by atoms with Gasteiger partial charge in [0.15, 0.2) is 11.5 Å². The molecule has 0 aromatic heterocycles. The Labute approximate surface area is 220 Å². The number of benzene rings is 3. The van der Waals surface area contributed by atoms with Gasteiger partial charge in [-0.2, -0.15) is 0 Å².